The minimum atomic E-state index is -4.51. The molecule has 1 amide bonds. The van der Waals surface area contributed by atoms with Gasteiger partial charge in [-0.05, 0) is 18.6 Å². The van der Waals surface area contributed by atoms with Gasteiger partial charge in [-0.15, -0.1) is 0 Å². The number of hydrogen-bond donors (Lipinski definition) is 1. The Labute approximate surface area is 177 Å². The van der Waals surface area contributed by atoms with Crippen molar-refractivity contribution in [1.29, 1.82) is 0 Å². The van der Waals surface area contributed by atoms with Gasteiger partial charge in [0, 0.05) is 69.5 Å². The Morgan fingerprint density at radius 2 is 2.00 bits per heavy atom. The SMILES string of the molecule is CC1=C(C(=O)N2CCc3ncc(C(F)(F)F)cc3C2)C2(CCN(CCO)CC2)OC1=O. The number of alkyl halides is 3. The van der Waals surface area contributed by atoms with Crippen LogP contribution in [0.3, 0.4) is 0 Å². The molecule has 1 aromatic heterocycles. The third-order valence-electron chi connectivity index (χ3n) is 6.37. The fraction of sp³-hybridized carbons (Fsp3) is 0.571. The fourth-order valence-electron chi connectivity index (χ4n) is 4.65. The molecule has 1 fully saturated rings. The van der Waals surface area contributed by atoms with E-state index in [0.717, 1.165) is 12.3 Å². The molecule has 4 rings (SSSR count). The van der Waals surface area contributed by atoms with Gasteiger partial charge in [0.1, 0.15) is 5.60 Å². The van der Waals surface area contributed by atoms with E-state index < -0.39 is 23.3 Å². The van der Waals surface area contributed by atoms with Crippen LogP contribution in [0.2, 0.25) is 0 Å². The molecule has 0 aromatic carbocycles. The van der Waals surface area contributed by atoms with Gasteiger partial charge in [-0.1, -0.05) is 0 Å². The largest absolute Gasteiger partial charge is 0.450 e. The number of halogens is 3. The van der Waals surface area contributed by atoms with E-state index >= 15 is 0 Å². The van der Waals surface area contributed by atoms with Gasteiger partial charge in [0.25, 0.3) is 5.91 Å². The van der Waals surface area contributed by atoms with E-state index in [-0.39, 0.29) is 24.6 Å². The van der Waals surface area contributed by atoms with Crippen molar-refractivity contribution in [3.8, 4) is 0 Å². The van der Waals surface area contributed by atoms with Crippen LogP contribution in [0, 0.1) is 0 Å². The summed E-state index contributed by atoms with van der Waals surface area (Å²) in [5.74, 6) is -0.903. The third-order valence-corrected chi connectivity index (χ3v) is 6.37. The molecule has 7 nitrogen and oxygen atoms in total. The molecule has 0 saturated carbocycles. The van der Waals surface area contributed by atoms with Gasteiger partial charge in [-0.25, -0.2) is 4.79 Å². The molecular formula is C21H24F3N3O4. The van der Waals surface area contributed by atoms with Crippen LogP contribution in [-0.4, -0.2) is 70.2 Å². The molecule has 0 atom stereocenters. The summed E-state index contributed by atoms with van der Waals surface area (Å²) in [6, 6.07) is 1.04. The molecule has 1 saturated heterocycles. The molecule has 1 spiro atoms. The maximum absolute atomic E-state index is 13.5. The highest BCUT2D eigenvalue weighted by atomic mass is 19.4. The molecule has 0 aliphatic carbocycles. The average molecular weight is 439 g/mol. The van der Waals surface area contributed by atoms with Gasteiger partial charge in [-0.2, -0.15) is 13.2 Å². The zero-order valence-electron chi connectivity index (χ0n) is 17.2. The minimum Gasteiger partial charge on any atom is -0.450 e. The predicted octanol–water partition coefficient (Wildman–Crippen LogP) is 1.69. The van der Waals surface area contributed by atoms with E-state index in [0.29, 0.717) is 62.3 Å². The molecular weight excluding hydrogens is 415 g/mol. The molecule has 0 unspecified atom stereocenters. The lowest BCUT2D eigenvalue weighted by atomic mass is 9.82. The van der Waals surface area contributed by atoms with E-state index in [4.69, 9.17) is 9.84 Å². The van der Waals surface area contributed by atoms with Crippen molar-refractivity contribution in [2.24, 2.45) is 0 Å². The van der Waals surface area contributed by atoms with Crippen LogP contribution in [0.15, 0.2) is 23.4 Å². The maximum Gasteiger partial charge on any atom is 0.417 e. The Kier molecular flexibility index (Phi) is 5.55. The second kappa shape index (κ2) is 7.90. The van der Waals surface area contributed by atoms with Crippen LogP contribution < -0.4 is 0 Å². The van der Waals surface area contributed by atoms with Gasteiger partial charge < -0.3 is 19.6 Å². The quantitative estimate of drug-likeness (QED) is 0.722. The molecule has 168 valence electrons. The summed E-state index contributed by atoms with van der Waals surface area (Å²) in [4.78, 5) is 33.3. The molecule has 1 N–H and O–H groups in total. The second-order valence-corrected chi connectivity index (χ2v) is 8.25. The topological polar surface area (TPSA) is 83.0 Å². The number of hydrogen-bond acceptors (Lipinski definition) is 6. The van der Waals surface area contributed by atoms with Gasteiger partial charge in [-0.3, -0.25) is 9.78 Å². The summed E-state index contributed by atoms with van der Waals surface area (Å²) >= 11 is 0. The second-order valence-electron chi connectivity index (χ2n) is 8.25. The highest BCUT2D eigenvalue weighted by molar-refractivity contribution is 6.07. The van der Waals surface area contributed by atoms with Crippen molar-refractivity contribution in [2.45, 2.75) is 44.5 Å². The number of aromatic nitrogens is 1. The summed E-state index contributed by atoms with van der Waals surface area (Å²) in [5.41, 5.74) is -0.379. The molecule has 3 aliphatic rings. The van der Waals surface area contributed by atoms with Crippen molar-refractivity contribution in [2.75, 3.05) is 32.8 Å². The van der Waals surface area contributed by atoms with Gasteiger partial charge in [0.05, 0.1) is 17.7 Å². The number of aliphatic hydroxyl groups is 1. The van der Waals surface area contributed by atoms with Crippen molar-refractivity contribution in [3.05, 3.63) is 40.2 Å². The minimum absolute atomic E-state index is 0.00275. The zero-order valence-corrected chi connectivity index (χ0v) is 17.2. The number of fused-ring (bicyclic) bond motifs is 1. The first-order chi connectivity index (χ1) is 14.6. The summed E-state index contributed by atoms with van der Waals surface area (Å²) < 4.78 is 44.9. The fourth-order valence-corrected chi connectivity index (χ4v) is 4.65. The first-order valence-electron chi connectivity index (χ1n) is 10.3. The van der Waals surface area contributed by atoms with Crippen LogP contribution in [0.25, 0.3) is 0 Å². The Morgan fingerprint density at radius 3 is 2.65 bits per heavy atom. The first-order valence-corrected chi connectivity index (χ1v) is 10.3. The number of carbonyl (C=O) groups excluding carboxylic acids is 2. The van der Waals surface area contributed by atoms with Gasteiger partial charge in [0.2, 0.25) is 0 Å². The number of piperidine rings is 1. The van der Waals surface area contributed by atoms with Crippen molar-refractivity contribution >= 4 is 11.9 Å². The van der Waals surface area contributed by atoms with E-state index in [2.05, 4.69) is 4.98 Å². The number of likely N-dealkylation sites (tertiary alicyclic amines) is 1. The van der Waals surface area contributed by atoms with E-state index in [9.17, 15) is 22.8 Å². The van der Waals surface area contributed by atoms with Crippen LogP contribution in [0.4, 0.5) is 13.2 Å². The van der Waals surface area contributed by atoms with E-state index in [1.165, 1.54) is 4.90 Å². The number of nitrogens with zero attached hydrogens (tertiary/aromatic N) is 3. The normalized spacial score (nSPS) is 21.5. The van der Waals surface area contributed by atoms with E-state index in [1.807, 2.05) is 4.90 Å². The number of β-amino-alcohol motifs (C(OH)–C–C–N with tert-alkyl or cyclic N) is 1. The molecule has 3 aliphatic heterocycles. The number of ether oxygens (including phenoxy) is 1. The Morgan fingerprint density at radius 1 is 1.29 bits per heavy atom. The molecule has 10 heteroatoms. The summed E-state index contributed by atoms with van der Waals surface area (Å²) in [5, 5.41) is 9.15. The smallest absolute Gasteiger partial charge is 0.417 e. The number of rotatable bonds is 3. The molecule has 0 radical (unpaired) electrons. The number of pyridine rings is 1. The highest BCUT2D eigenvalue weighted by Gasteiger charge is 2.51. The number of carbonyl (C=O) groups is 2. The third kappa shape index (κ3) is 3.94. The summed E-state index contributed by atoms with van der Waals surface area (Å²) in [7, 11) is 0. The number of esters is 1. The lowest BCUT2D eigenvalue weighted by molar-refractivity contribution is -0.151. The first kappa shape index (κ1) is 21.8. The summed E-state index contributed by atoms with van der Waals surface area (Å²) in [6.45, 7) is 3.54. The molecule has 1 aromatic rings. The van der Waals surface area contributed by atoms with Crippen molar-refractivity contribution in [3.63, 3.8) is 0 Å². The molecule has 0 bridgehead atoms. The van der Waals surface area contributed by atoms with Crippen molar-refractivity contribution in [1.82, 2.24) is 14.8 Å². The van der Waals surface area contributed by atoms with Crippen LogP contribution in [-0.2, 0) is 33.5 Å². The Balaban J connectivity index is 1.58. The van der Waals surface area contributed by atoms with Gasteiger partial charge >= 0.3 is 12.1 Å². The monoisotopic (exact) mass is 439 g/mol. The maximum atomic E-state index is 13.5. The van der Waals surface area contributed by atoms with Crippen molar-refractivity contribution < 1.29 is 32.6 Å². The lowest BCUT2D eigenvalue weighted by Crippen LogP contribution is -2.50. The van der Waals surface area contributed by atoms with Crippen LogP contribution >= 0.6 is 0 Å². The van der Waals surface area contributed by atoms with Crippen LogP contribution in [0.1, 0.15) is 36.6 Å². The predicted molar refractivity (Wildman–Crippen MR) is 103 cm³/mol. The number of amides is 1. The average Bonchev–Trinajstić information content (AvgIpc) is 2.97. The Hall–Kier alpha value is -2.46. The Bertz CT molecular complexity index is 936. The van der Waals surface area contributed by atoms with Gasteiger partial charge in [0.15, 0.2) is 0 Å². The summed E-state index contributed by atoms with van der Waals surface area (Å²) in [6.07, 6.45) is -2.48. The van der Waals surface area contributed by atoms with Crippen LogP contribution in [0.5, 0.6) is 0 Å². The molecule has 31 heavy (non-hydrogen) atoms. The number of aliphatic hydroxyl groups excluding tert-OH is 1. The van der Waals surface area contributed by atoms with E-state index in [1.54, 1.807) is 6.92 Å². The highest BCUT2D eigenvalue weighted by Crippen LogP contribution is 2.42. The zero-order chi connectivity index (χ0) is 22.4. The molecule has 4 heterocycles. The standard InChI is InChI=1S/C21H24F3N3O4/c1-13-17(20(31-19(13)30)3-6-26(7-4-20)8-9-28)18(29)27-5-2-16-14(12-27)10-15(11-25-16)21(22,23)24/h10-11,28H,2-9,12H2,1H3. The lowest BCUT2D eigenvalue weighted by Gasteiger charge is -2.40.